The molecule has 0 aromatic heterocycles. The maximum atomic E-state index is 11.1. The minimum Gasteiger partial charge on any atom is -0.392 e. The van der Waals surface area contributed by atoms with Gasteiger partial charge < -0.3 is 15.7 Å². The van der Waals surface area contributed by atoms with Crippen molar-refractivity contribution in [2.24, 2.45) is 22.6 Å². The number of nitrogens with two attached hydrogens (primary N) is 1. The molecule has 1 aliphatic carbocycles. The number of rotatable bonds is 4. The lowest BCUT2D eigenvalue weighted by atomic mass is 10.0. The van der Waals surface area contributed by atoms with Crippen LogP contribution in [0.25, 0.3) is 0 Å². The lowest BCUT2D eigenvalue weighted by Gasteiger charge is -2.25. The van der Waals surface area contributed by atoms with E-state index < -0.39 is 0 Å². The summed E-state index contributed by atoms with van der Waals surface area (Å²) >= 11 is 0. The van der Waals surface area contributed by atoms with Crippen LogP contribution in [0.2, 0.25) is 0 Å². The lowest BCUT2D eigenvalue weighted by Crippen LogP contribution is -2.34. The molecule has 0 aromatic carbocycles. The van der Waals surface area contributed by atoms with Crippen molar-refractivity contribution in [1.29, 1.82) is 0 Å². The van der Waals surface area contributed by atoms with Crippen LogP contribution in [0.3, 0.4) is 0 Å². The third-order valence-corrected chi connectivity index (χ3v) is 3.52. The van der Waals surface area contributed by atoms with Gasteiger partial charge in [-0.15, -0.1) is 0 Å². The number of carbonyl (C=O) groups is 1. The van der Waals surface area contributed by atoms with E-state index in [9.17, 15) is 9.90 Å². The fourth-order valence-corrected chi connectivity index (χ4v) is 2.33. The van der Waals surface area contributed by atoms with E-state index in [-0.39, 0.29) is 24.0 Å². The topological polar surface area (TPSA) is 78.9 Å². The van der Waals surface area contributed by atoms with Crippen LogP contribution in [0.5, 0.6) is 0 Å². The predicted molar refractivity (Wildman–Crippen MR) is 67.3 cm³/mol. The molecule has 96 valence electrons. The van der Waals surface area contributed by atoms with Crippen molar-refractivity contribution in [3.63, 3.8) is 0 Å². The minimum atomic E-state index is -0.354. The molecule has 1 fully saturated rings. The summed E-state index contributed by atoms with van der Waals surface area (Å²) in [5, 5.41) is 9.89. The number of hydrogen-bond donors (Lipinski definition) is 2. The lowest BCUT2D eigenvalue weighted by molar-refractivity contribution is -0.118. The van der Waals surface area contributed by atoms with Gasteiger partial charge in [-0.2, -0.15) is 0 Å². The fourth-order valence-electron chi connectivity index (χ4n) is 2.33. The second-order valence-corrected chi connectivity index (χ2v) is 4.65. The van der Waals surface area contributed by atoms with Crippen molar-refractivity contribution in [2.75, 3.05) is 7.05 Å². The summed E-state index contributed by atoms with van der Waals surface area (Å²) in [6.45, 7) is 3.95. The van der Waals surface area contributed by atoms with Crippen molar-refractivity contribution in [1.82, 2.24) is 4.90 Å². The van der Waals surface area contributed by atoms with Crippen LogP contribution in [0.15, 0.2) is 17.3 Å². The van der Waals surface area contributed by atoms with Gasteiger partial charge in [0.25, 0.3) is 0 Å². The Kier molecular flexibility index (Phi) is 4.69. The molecule has 4 unspecified atom stereocenters. The van der Waals surface area contributed by atoms with Crippen LogP contribution in [0, 0.1) is 11.8 Å². The standard InChI is InChI=1S/C12H21N3O2/c1-8-6-10(9(2)12(8)17)15(7-16)5-4-11(13)14-3/h4-5,7-10,12,17H,6H2,1-3H3,(H2,13,14)/b5-4-. The summed E-state index contributed by atoms with van der Waals surface area (Å²) < 4.78 is 0. The third kappa shape index (κ3) is 3.06. The van der Waals surface area contributed by atoms with Gasteiger partial charge in [-0.3, -0.25) is 9.79 Å². The van der Waals surface area contributed by atoms with Crippen molar-refractivity contribution >= 4 is 12.2 Å². The molecule has 0 aromatic rings. The zero-order valence-electron chi connectivity index (χ0n) is 10.6. The second kappa shape index (κ2) is 5.82. The number of nitrogens with zero attached hydrogens (tertiary/aromatic N) is 2. The van der Waals surface area contributed by atoms with Crippen LogP contribution in [0.1, 0.15) is 20.3 Å². The van der Waals surface area contributed by atoms with Crippen molar-refractivity contribution in [3.8, 4) is 0 Å². The van der Waals surface area contributed by atoms with Crippen LogP contribution in [-0.4, -0.2) is 41.4 Å². The maximum absolute atomic E-state index is 11.1. The van der Waals surface area contributed by atoms with Gasteiger partial charge in [-0.05, 0) is 18.4 Å². The van der Waals surface area contributed by atoms with E-state index in [1.54, 1.807) is 24.2 Å². The highest BCUT2D eigenvalue weighted by atomic mass is 16.3. The first-order chi connectivity index (χ1) is 8.01. The largest absolute Gasteiger partial charge is 0.392 e. The predicted octanol–water partition coefficient (Wildman–Crippen LogP) is 0.351. The normalized spacial score (nSPS) is 34.2. The van der Waals surface area contributed by atoms with Gasteiger partial charge in [0.2, 0.25) is 6.41 Å². The first kappa shape index (κ1) is 13.7. The summed E-state index contributed by atoms with van der Waals surface area (Å²) in [5.74, 6) is 0.652. The van der Waals surface area contributed by atoms with E-state index in [0.717, 1.165) is 12.8 Å². The van der Waals surface area contributed by atoms with Crippen molar-refractivity contribution in [2.45, 2.75) is 32.4 Å². The molecule has 1 aliphatic rings. The highest BCUT2D eigenvalue weighted by Gasteiger charge is 2.39. The molecule has 1 amide bonds. The molecule has 17 heavy (non-hydrogen) atoms. The molecule has 1 saturated carbocycles. The summed E-state index contributed by atoms with van der Waals surface area (Å²) in [7, 11) is 1.59. The zero-order chi connectivity index (χ0) is 13.0. The first-order valence-electron chi connectivity index (χ1n) is 5.82. The monoisotopic (exact) mass is 239 g/mol. The summed E-state index contributed by atoms with van der Waals surface area (Å²) in [6, 6.07) is 0.0263. The average Bonchev–Trinajstić information content (AvgIpc) is 2.58. The van der Waals surface area contributed by atoms with Gasteiger partial charge >= 0.3 is 0 Å². The summed E-state index contributed by atoms with van der Waals surface area (Å²) in [5.41, 5.74) is 5.54. The SMILES string of the molecule is C/N=C(N)\C=C/N(C=O)C1CC(C)C(O)C1C. The molecule has 4 atom stereocenters. The average molecular weight is 239 g/mol. The molecule has 3 N–H and O–H groups in total. The van der Waals surface area contributed by atoms with E-state index >= 15 is 0 Å². The number of amides is 1. The third-order valence-electron chi connectivity index (χ3n) is 3.52. The minimum absolute atomic E-state index is 0.0263. The van der Waals surface area contributed by atoms with Gasteiger partial charge in [0.1, 0.15) is 5.84 Å². The molecular formula is C12H21N3O2. The number of carbonyl (C=O) groups excluding carboxylic acids is 1. The molecule has 0 saturated heterocycles. The van der Waals surface area contributed by atoms with Crippen molar-refractivity contribution in [3.05, 3.63) is 12.3 Å². The van der Waals surface area contributed by atoms with Gasteiger partial charge in [0, 0.05) is 25.2 Å². The molecule has 0 aliphatic heterocycles. The first-order valence-corrected chi connectivity index (χ1v) is 5.82. The van der Waals surface area contributed by atoms with Gasteiger partial charge in [0.05, 0.1) is 6.10 Å². The Balaban J connectivity index is 2.75. The fraction of sp³-hybridized carbons (Fsp3) is 0.667. The number of aliphatic hydroxyl groups excluding tert-OH is 1. The Morgan fingerprint density at radius 3 is 2.59 bits per heavy atom. The summed E-state index contributed by atoms with van der Waals surface area (Å²) in [6.07, 6.45) is 4.44. The van der Waals surface area contributed by atoms with E-state index in [2.05, 4.69) is 4.99 Å². The van der Waals surface area contributed by atoms with Gasteiger partial charge in [0.15, 0.2) is 0 Å². The Bertz CT molecular complexity index is 328. The van der Waals surface area contributed by atoms with E-state index in [1.165, 1.54) is 0 Å². The second-order valence-electron chi connectivity index (χ2n) is 4.65. The van der Waals surface area contributed by atoms with E-state index in [0.29, 0.717) is 5.84 Å². The Labute approximate surface area is 102 Å². The number of aliphatic hydroxyl groups is 1. The molecule has 0 spiro atoms. The highest BCUT2D eigenvalue weighted by Crippen LogP contribution is 2.34. The molecular weight excluding hydrogens is 218 g/mol. The molecule has 0 bridgehead atoms. The molecule has 1 rings (SSSR count). The quantitative estimate of drug-likeness (QED) is 0.422. The van der Waals surface area contributed by atoms with Crippen LogP contribution in [0.4, 0.5) is 0 Å². The smallest absolute Gasteiger partial charge is 0.213 e. The van der Waals surface area contributed by atoms with Crippen LogP contribution < -0.4 is 5.73 Å². The van der Waals surface area contributed by atoms with Gasteiger partial charge in [-0.1, -0.05) is 13.8 Å². The maximum Gasteiger partial charge on any atom is 0.213 e. The van der Waals surface area contributed by atoms with E-state index in [1.807, 2.05) is 13.8 Å². The molecule has 0 heterocycles. The Hall–Kier alpha value is -1.36. The molecule has 5 nitrogen and oxygen atoms in total. The van der Waals surface area contributed by atoms with E-state index in [4.69, 9.17) is 5.73 Å². The van der Waals surface area contributed by atoms with Gasteiger partial charge in [-0.25, -0.2) is 0 Å². The number of hydrogen-bond acceptors (Lipinski definition) is 3. The zero-order valence-corrected chi connectivity index (χ0v) is 10.6. The number of amidine groups is 1. The highest BCUT2D eigenvalue weighted by molar-refractivity contribution is 5.91. The van der Waals surface area contributed by atoms with Crippen LogP contribution >= 0.6 is 0 Å². The van der Waals surface area contributed by atoms with Crippen molar-refractivity contribution < 1.29 is 9.90 Å². The molecule has 5 heteroatoms. The Morgan fingerprint density at radius 1 is 1.53 bits per heavy atom. The van der Waals surface area contributed by atoms with Crippen LogP contribution in [-0.2, 0) is 4.79 Å². The molecule has 0 radical (unpaired) electrons. The number of aliphatic imine (C=N–C) groups is 1. The Morgan fingerprint density at radius 2 is 2.18 bits per heavy atom. The summed E-state index contributed by atoms with van der Waals surface area (Å²) in [4.78, 5) is 16.4.